The average molecular weight is 192 g/mol. The van der Waals surface area contributed by atoms with Crippen molar-refractivity contribution >= 4 is 5.82 Å². The van der Waals surface area contributed by atoms with Crippen molar-refractivity contribution in [3.05, 3.63) is 18.6 Å². The first-order valence-electron chi connectivity index (χ1n) is 5.18. The summed E-state index contributed by atoms with van der Waals surface area (Å²) in [7, 11) is 0. The Bertz CT molecular complexity index is 256. The van der Waals surface area contributed by atoms with Gasteiger partial charge < -0.3 is 10.6 Å². The Morgan fingerprint density at radius 1 is 1.50 bits per heavy atom. The van der Waals surface area contributed by atoms with E-state index in [0.717, 1.165) is 18.8 Å². The largest absolute Gasteiger partial charge is 0.369 e. The highest BCUT2D eigenvalue weighted by atomic mass is 15.0. The predicted octanol–water partition coefficient (Wildman–Crippen LogP) is 1.03. The minimum Gasteiger partial charge on any atom is -0.369 e. The summed E-state index contributed by atoms with van der Waals surface area (Å²) in [5, 5.41) is 6.72. The van der Waals surface area contributed by atoms with E-state index >= 15 is 0 Å². The summed E-state index contributed by atoms with van der Waals surface area (Å²) < 4.78 is 0. The molecule has 2 heterocycles. The van der Waals surface area contributed by atoms with E-state index in [4.69, 9.17) is 0 Å². The number of hydrogen-bond acceptors (Lipinski definition) is 4. The van der Waals surface area contributed by atoms with E-state index in [9.17, 15) is 0 Å². The number of nitrogens with zero attached hydrogens (tertiary/aromatic N) is 2. The zero-order valence-electron chi connectivity index (χ0n) is 8.24. The molecule has 1 aliphatic heterocycles. The molecule has 0 bridgehead atoms. The van der Waals surface area contributed by atoms with Crippen molar-refractivity contribution in [3.8, 4) is 0 Å². The lowest BCUT2D eigenvalue weighted by atomic mass is 10.1. The van der Waals surface area contributed by atoms with Crippen LogP contribution >= 0.6 is 0 Å². The normalized spacial score (nSPS) is 21.0. The van der Waals surface area contributed by atoms with Crippen LogP contribution in [0.3, 0.4) is 0 Å². The Hall–Kier alpha value is -1.16. The van der Waals surface area contributed by atoms with Gasteiger partial charge >= 0.3 is 0 Å². The SMILES string of the molecule is c1cnc(NCCC2CCCN2)cn1. The van der Waals surface area contributed by atoms with Crippen molar-refractivity contribution in [2.45, 2.75) is 25.3 Å². The minimum absolute atomic E-state index is 0.694. The first kappa shape index (κ1) is 9.40. The Labute approximate surface area is 84.2 Å². The maximum absolute atomic E-state index is 4.15. The van der Waals surface area contributed by atoms with E-state index in [-0.39, 0.29) is 0 Å². The summed E-state index contributed by atoms with van der Waals surface area (Å²) in [5.74, 6) is 0.866. The smallest absolute Gasteiger partial charge is 0.144 e. The molecule has 0 amide bonds. The van der Waals surface area contributed by atoms with Crippen molar-refractivity contribution in [2.24, 2.45) is 0 Å². The molecule has 1 unspecified atom stereocenters. The second-order valence-corrected chi connectivity index (χ2v) is 3.60. The number of nitrogens with one attached hydrogen (secondary N) is 2. The lowest BCUT2D eigenvalue weighted by Crippen LogP contribution is -2.24. The topological polar surface area (TPSA) is 49.8 Å². The fraction of sp³-hybridized carbons (Fsp3) is 0.600. The maximum Gasteiger partial charge on any atom is 0.144 e. The number of hydrogen-bond donors (Lipinski definition) is 2. The monoisotopic (exact) mass is 192 g/mol. The first-order valence-corrected chi connectivity index (χ1v) is 5.18. The molecule has 14 heavy (non-hydrogen) atoms. The summed E-state index contributed by atoms with van der Waals surface area (Å²) in [6.45, 7) is 2.15. The third-order valence-corrected chi connectivity index (χ3v) is 2.52. The van der Waals surface area contributed by atoms with Gasteiger partial charge in [-0.15, -0.1) is 0 Å². The number of anilines is 1. The molecule has 1 fully saturated rings. The summed E-state index contributed by atoms with van der Waals surface area (Å²) >= 11 is 0. The maximum atomic E-state index is 4.15. The van der Waals surface area contributed by atoms with Crippen LogP contribution in [0.2, 0.25) is 0 Å². The molecule has 1 aliphatic rings. The Balaban J connectivity index is 1.67. The fourth-order valence-electron chi connectivity index (χ4n) is 1.77. The molecule has 1 aromatic rings. The van der Waals surface area contributed by atoms with Crippen molar-refractivity contribution in [1.82, 2.24) is 15.3 Å². The van der Waals surface area contributed by atoms with Crippen molar-refractivity contribution in [1.29, 1.82) is 0 Å². The Morgan fingerprint density at radius 2 is 2.50 bits per heavy atom. The molecule has 2 N–H and O–H groups in total. The van der Waals surface area contributed by atoms with E-state index in [1.165, 1.54) is 19.4 Å². The molecule has 0 aliphatic carbocycles. The van der Waals surface area contributed by atoms with E-state index < -0.39 is 0 Å². The van der Waals surface area contributed by atoms with E-state index in [2.05, 4.69) is 20.6 Å². The van der Waals surface area contributed by atoms with E-state index in [0.29, 0.717) is 6.04 Å². The average Bonchev–Trinajstić information content (AvgIpc) is 2.72. The van der Waals surface area contributed by atoms with Crippen LogP contribution < -0.4 is 10.6 Å². The molecule has 1 atom stereocenters. The lowest BCUT2D eigenvalue weighted by molar-refractivity contribution is 0.574. The second kappa shape index (κ2) is 4.91. The Morgan fingerprint density at radius 3 is 3.21 bits per heavy atom. The second-order valence-electron chi connectivity index (χ2n) is 3.60. The molecule has 0 spiro atoms. The molecule has 0 saturated carbocycles. The third kappa shape index (κ3) is 2.67. The predicted molar refractivity (Wildman–Crippen MR) is 56.2 cm³/mol. The van der Waals surface area contributed by atoms with Gasteiger partial charge in [-0.1, -0.05) is 0 Å². The fourth-order valence-corrected chi connectivity index (χ4v) is 1.77. The molecule has 76 valence electrons. The standard InChI is InChI=1S/C10H16N4/c1-2-9(12-4-1)3-5-13-10-8-11-6-7-14-10/h6-9,12H,1-5H2,(H,13,14). The summed E-state index contributed by atoms with van der Waals surface area (Å²) in [6, 6.07) is 0.694. The van der Waals surface area contributed by atoms with Gasteiger partial charge in [0.25, 0.3) is 0 Å². The van der Waals surface area contributed by atoms with Gasteiger partial charge in [0.05, 0.1) is 6.20 Å². The highest BCUT2D eigenvalue weighted by Crippen LogP contribution is 2.08. The molecular formula is C10H16N4. The molecule has 1 saturated heterocycles. The first-order chi connectivity index (χ1) is 6.95. The molecule has 2 rings (SSSR count). The van der Waals surface area contributed by atoms with Gasteiger partial charge in [-0.25, -0.2) is 4.98 Å². The van der Waals surface area contributed by atoms with Gasteiger partial charge in [-0.05, 0) is 25.8 Å². The van der Waals surface area contributed by atoms with Crippen molar-refractivity contribution < 1.29 is 0 Å². The van der Waals surface area contributed by atoms with E-state index in [1.54, 1.807) is 18.6 Å². The zero-order valence-corrected chi connectivity index (χ0v) is 8.24. The molecule has 0 radical (unpaired) electrons. The van der Waals surface area contributed by atoms with Gasteiger partial charge in [0.15, 0.2) is 0 Å². The molecular weight excluding hydrogens is 176 g/mol. The van der Waals surface area contributed by atoms with Crippen molar-refractivity contribution in [2.75, 3.05) is 18.4 Å². The molecule has 1 aromatic heterocycles. The lowest BCUT2D eigenvalue weighted by Gasteiger charge is -2.10. The van der Waals surface area contributed by atoms with Crippen LogP contribution in [-0.4, -0.2) is 29.1 Å². The number of rotatable bonds is 4. The minimum atomic E-state index is 0.694. The van der Waals surface area contributed by atoms with Crippen LogP contribution in [0, 0.1) is 0 Å². The van der Waals surface area contributed by atoms with Gasteiger partial charge in [0.2, 0.25) is 0 Å². The third-order valence-electron chi connectivity index (χ3n) is 2.52. The molecule has 0 aromatic carbocycles. The highest BCUT2D eigenvalue weighted by Gasteiger charge is 2.12. The summed E-state index contributed by atoms with van der Waals surface area (Å²) in [4.78, 5) is 8.14. The summed E-state index contributed by atoms with van der Waals surface area (Å²) in [6.07, 6.45) is 8.93. The quantitative estimate of drug-likeness (QED) is 0.748. The highest BCUT2D eigenvalue weighted by molar-refractivity contribution is 5.29. The summed E-state index contributed by atoms with van der Waals surface area (Å²) in [5.41, 5.74) is 0. The van der Waals surface area contributed by atoms with Crippen molar-refractivity contribution in [3.63, 3.8) is 0 Å². The van der Waals surface area contributed by atoms with E-state index in [1.807, 2.05) is 0 Å². The van der Waals surface area contributed by atoms with Crippen LogP contribution in [-0.2, 0) is 0 Å². The van der Waals surface area contributed by atoms with Gasteiger partial charge in [-0.2, -0.15) is 0 Å². The van der Waals surface area contributed by atoms with Gasteiger partial charge in [0, 0.05) is 25.0 Å². The van der Waals surface area contributed by atoms with Crippen LogP contribution in [0.15, 0.2) is 18.6 Å². The molecule has 4 heteroatoms. The van der Waals surface area contributed by atoms with Gasteiger partial charge in [0.1, 0.15) is 5.82 Å². The van der Waals surface area contributed by atoms with Crippen LogP contribution in [0.5, 0.6) is 0 Å². The zero-order chi connectivity index (χ0) is 9.64. The van der Waals surface area contributed by atoms with Crippen LogP contribution in [0.1, 0.15) is 19.3 Å². The van der Waals surface area contributed by atoms with Crippen LogP contribution in [0.25, 0.3) is 0 Å². The van der Waals surface area contributed by atoms with Gasteiger partial charge in [-0.3, -0.25) is 4.98 Å². The Kier molecular flexibility index (Phi) is 3.29. The van der Waals surface area contributed by atoms with Crippen LogP contribution in [0.4, 0.5) is 5.82 Å². The number of aromatic nitrogens is 2. The molecule has 4 nitrogen and oxygen atoms in total.